The van der Waals surface area contributed by atoms with Crippen LogP contribution in [0.3, 0.4) is 0 Å². The van der Waals surface area contributed by atoms with Gasteiger partial charge in [0, 0.05) is 12.7 Å². The predicted molar refractivity (Wildman–Crippen MR) is 60.8 cm³/mol. The number of methoxy groups -OCH3 is 1. The van der Waals surface area contributed by atoms with Crippen molar-refractivity contribution in [3.8, 4) is 11.4 Å². The molecule has 0 unspecified atom stereocenters. The van der Waals surface area contributed by atoms with Gasteiger partial charge in [-0.2, -0.15) is 0 Å². The van der Waals surface area contributed by atoms with Gasteiger partial charge in [0.25, 0.3) is 5.56 Å². The third-order valence-corrected chi connectivity index (χ3v) is 2.39. The Morgan fingerprint density at radius 1 is 1.44 bits per heavy atom. The van der Waals surface area contributed by atoms with Crippen molar-refractivity contribution in [3.05, 3.63) is 46.4 Å². The molecule has 0 saturated heterocycles. The summed E-state index contributed by atoms with van der Waals surface area (Å²) in [7, 11) is 1.57. The van der Waals surface area contributed by atoms with E-state index in [9.17, 15) is 4.79 Å². The third-order valence-electron chi connectivity index (χ3n) is 2.39. The molecule has 2 rings (SSSR count). The van der Waals surface area contributed by atoms with Crippen molar-refractivity contribution in [1.82, 2.24) is 9.78 Å². The lowest BCUT2D eigenvalue weighted by molar-refractivity contribution is 0.411. The first-order valence-electron chi connectivity index (χ1n) is 4.90. The number of ether oxygens (including phenoxy) is 1. The summed E-state index contributed by atoms with van der Waals surface area (Å²) in [6.07, 6.45) is 1.61. The van der Waals surface area contributed by atoms with Crippen LogP contribution in [0.15, 0.2) is 35.3 Å². The van der Waals surface area contributed by atoms with Crippen LogP contribution in [-0.4, -0.2) is 16.9 Å². The topological polar surface area (TPSA) is 73.0 Å². The number of nitrogens with zero attached hydrogens (tertiary/aromatic N) is 1. The van der Waals surface area contributed by atoms with Crippen molar-refractivity contribution in [2.45, 2.75) is 6.54 Å². The van der Waals surface area contributed by atoms with E-state index in [1.807, 2.05) is 12.1 Å². The van der Waals surface area contributed by atoms with Gasteiger partial charge < -0.3 is 10.5 Å². The number of benzene rings is 1. The van der Waals surface area contributed by atoms with E-state index in [-0.39, 0.29) is 12.1 Å². The summed E-state index contributed by atoms with van der Waals surface area (Å²) in [6, 6.07) is 7.29. The summed E-state index contributed by atoms with van der Waals surface area (Å²) in [5.41, 5.74) is 6.52. The van der Waals surface area contributed by atoms with Crippen molar-refractivity contribution in [2.24, 2.45) is 5.73 Å². The van der Waals surface area contributed by atoms with E-state index in [2.05, 4.69) is 5.10 Å². The molecule has 0 atom stereocenters. The van der Waals surface area contributed by atoms with Crippen LogP contribution in [0, 0.1) is 0 Å². The quantitative estimate of drug-likeness (QED) is 0.795. The van der Waals surface area contributed by atoms with Gasteiger partial charge in [0.1, 0.15) is 11.4 Å². The molecule has 0 radical (unpaired) electrons. The standard InChI is InChI=1S/C11H13N3O2/c1-16-10-5-3-2-4-9(10)14-11(15)8(6-12)7-13-14/h2-5,7,13H,6,12H2,1H3. The second-order valence-electron chi connectivity index (χ2n) is 3.32. The van der Waals surface area contributed by atoms with Gasteiger partial charge in [-0.3, -0.25) is 9.89 Å². The zero-order valence-corrected chi connectivity index (χ0v) is 8.93. The van der Waals surface area contributed by atoms with Crippen molar-refractivity contribution >= 4 is 0 Å². The number of aromatic amines is 1. The molecular formula is C11H13N3O2. The number of nitrogens with one attached hydrogen (secondary N) is 1. The Balaban J connectivity index is 2.59. The molecule has 5 nitrogen and oxygen atoms in total. The van der Waals surface area contributed by atoms with Gasteiger partial charge in [-0.25, -0.2) is 4.68 Å². The smallest absolute Gasteiger partial charge is 0.275 e. The summed E-state index contributed by atoms with van der Waals surface area (Å²) in [5.74, 6) is 0.634. The molecular weight excluding hydrogens is 206 g/mol. The Bertz CT molecular complexity index is 542. The number of H-pyrrole nitrogens is 1. The minimum Gasteiger partial charge on any atom is -0.494 e. The van der Waals surface area contributed by atoms with Gasteiger partial charge in [-0.05, 0) is 12.1 Å². The summed E-state index contributed by atoms with van der Waals surface area (Å²) in [6.45, 7) is 0.220. The van der Waals surface area contributed by atoms with Gasteiger partial charge in [-0.15, -0.1) is 0 Å². The fourth-order valence-electron chi connectivity index (χ4n) is 1.55. The molecule has 1 aromatic carbocycles. The van der Waals surface area contributed by atoms with E-state index in [1.54, 1.807) is 25.4 Å². The Morgan fingerprint density at radius 2 is 2.19 bits per heavy atom. The molecule has 1 heterocycles. The van der Waals surface area contributed by atoms with Gasteiger partial charge >= 0.3 is 0 Å². The molecule has 0 spiro atoms. The number of hydrogen-bond acceptors (Lipinski definition) is 3. The first-order chi connectivity index (χ1) is 7.77. The fraction of sp³-hybridized carbons (Fsp3) is 0.182. The van der Waals surface area contributed by atoms with Crippen LogP contribution in [0.4, 0.5) is 0 Å². The highest BCUT2D eigenvalue weighted by molar-refractivity contribution is 5.46. The highest BCUT2D eigenvalue weighted by Gasteiger charge is 2.09. The molecule has 0 saturated carbocycles. The van der Waals surface area contributed by atoms with Gasteiger partial charge in [0.15, 0.2) is 0 Å². The van der Waals surface area contributed by atoms with Crippen LogP contribution >= 0.6 is 0 Å². The molecule has 84 valence electrons. The van der Waals surface area contributed by atoms with Crippen molar-refractivity contribution < 1.29 is 4.74 Å². The average Bonchev–Trinajstić information content (AvgIpc) is 2.70. The van der Waals surface area contributed by atoms with E-state index in [4.69, 9.17) is 10.5 Å². The molecule has 0 bridgehead atoms. The van der Waals surface area contributed by atoms with E-state index in [0.717, 1.165) is 0 Å². The Labute approximate surface area is 92.4 Å². The first kappa shape index (κ1) is 10.5. The molecule has 1 aromatic heterocycles. The lowest BCUT2D eigenvalue weighted by Gasteiger charge is -2.07. The Kier molecular flexibility index (Phi) is 2.78. The Morgan fingerprint density at radius 3 is 2.81 bits per heavy atom. The van der Waals surface area contributed by atoms with Crippen molar-refractivity contribution in [3.63, 3.8) is 0 Å². The second kappa shape index (κ2) is 4.24. The highest BCUT2D eigenvalue weighted by atomic mass is 16.5. The number of rotatable bonds is 3. The van der Waals surface area contributed by atoms with Crippen LogP contribution in [0.5, 0.6) is 5.75 Å². The summed E-state index contributed by atoms with van der Waals surface area (Å²) in [4.78, 5) is 11.9. The van der Waals surface area contributed by atoms with Crippen LogP contribution in [0.1, 0.15) is 5.56 Å². The highest BCUT2D eigenvalue weighted by Crippen LogP contribution is 2.19. The van der Waals surface area contributed by atoms with Crippen molar-refractivity contribution in [1.29, 1.82) is 0 Å². The van der Waals surface area contributed by atoms with Gasteiger partial charge in [0.2, 0.25) is 0 Å². The summed E-state index contributed by atoms with van der Waals surface area (Å²) < 4.78 is 6.60. The monoisotopic (exact) mass is 219 g/mol. The maximum Gasteiger partial charge on any atom is 0.275 e. The summed E-state index contributed by atoms with van der Waals surface area (Å²) >= 11 is 0. The zero-order valence-electron chi connectivity index (χ0n) is 8.93. The number of nitrogens with two attached hydrogens (primary N) is 1. The summed E-state index contributed by atoms with van der Waals surface area (Å²) in [5, 5.41) is 2.86. The molecule has 0 aliphatic heterocycles. The lowest BCUT2D eigenvalue weighted by atomic mass is 10.3. The lowest BCUT2D eigenvalue weighted by Crippen LogP contribution is -2.19. The fourth-order valence-corrected chi connectivity index (χ4v) is 1.55. The number of hydrogen-bond donors (Lipinski definition) is 2. The SMILES string of the molecule is COc1ccccc1-n1[nH]cc(CN)c1=O. The van der Waals surface area contributed by atoms with Gasteiger partial charge in [-0.1, -0.05) is 12.1 Å². The first-order valence-corrected chi connectivity index (χ1v) is 4.90. The molecule has 0 aliphatic carbocycles. The van der Waals surface area contributed by atoms with E-state index in [0.29, 0.717) is 17.0 Å². The molecule has 16 heavy (non-hydrogen) atoms. The number of para-hydroxylation sites is 2. The zero-order chi connectivity index (χ0) is 11.5. The van der Waals surface area contributed by atoms with Crippen LogP contribution in [0.25, 0.3) is 5.69 Å². The Hall–Kier alpha value is -2.01. The molecule has 0 amide bonds. The molecule has 2 aromatic rings. The molecule has 5 heteroatoms. The maximum atomic E-state index is 11.9. The predicted octanol–water partition coefficient (Wildman–Crippen LogP) is 0.633. The van der Waals surface area contributed by atoms with Crippen LogP contribution in [0.2, 0.25) is 0 Å². The van der Waals surface area contributed by atoms with E-state index >= 15 is 0 Å². The number of aromatic nitrogens is 2. The minimum absolute atomic E-state index is 0.146. The maximum absolute atomic E-state index is 11.9. The van der Waals surface area contributed by atoms with Crippen LogP contribution < -0.4 is 16.0 Å². The molecule has 0 aliphatic rings. The van der Waals surface area contributed by atoms with Crippen molar-refractivity contribution in [2.75, 3.05) is 7.11 Å². The molecule has 3 N–H and O–H groups in total. The largest absolute Gasteiger partial charge is 0.494 e. The van der Waals surface area contributed by atoms with Crippen LogP contribution in [-0.2, 0) is 6.54 Å². The molecule has 0 fully saturated rings. The second-order valence-corrected chi connectivity index (χ2v) is 3.32. The van der Waals surface area contributed by atoms with E-state index in [1.165, 1.54) is 4.68 Å². The van der Waals surface area contributed by atoms with E-state index < -0.39 is 0 Å². The average molecular weight is 219 g/mol. The third kappa shape index (κ3) is 1.61. The normalized spacial score (nSPS) is 10.4. The van der Waals surface area contributed by atoms with Gasteiger partial charge in [0.05, 0.1) is 12.7 Å². The minimum atomic E-state index is -0.146.